The fraction of sp³-hybridized carbons (Fsp3) is 0.901. The minimum atomic E-state index is -1.97. The summed E-state index contributed by atoms with van der Waals surface area (Å²) in [5, 5.41) is 121. The zero-order chi connectivity index (χ0) is 65.4. The highest BCUT2D eigenvalue weighted by Crippen LogP contribution is 2.33. The van der Waals surface area contributed by atoms with Gasteiger partial charge in [-0.05, 0) is 51.4 Å². The van der Waals surface area contributed by atoms with Crippen molar-refractivity contribution in [3.8, 4) is 0 Å². The summed E-state index contributed by atoms with van der Waals surface area (Å²) in [6.07, 6.45) is 35.0. The molecule has 0 aliphatic carbocycles. The van der Waals surface area contributed by atoms with Gasteiger partial charge < -0.3 is 89.9 Å². The Morgan fingerprint density at radius 1 is 0.400 bits per heavy atom. The van der Waals surface area contributed by atoms with E-state index in [1.165, 1.54) is 180 Å². The van der Waals surface area contributed by atoms with E-state index in [2.05, 4.69) is 55.6 Å². The number of amides is 1. The van der Waals surface area contributed by atoms with E-state index in [1.807, 2.05) is 0 Å². The number of hydrogen-bond acceptors (Lipinski definition) is 18. The molecule has 528 valence electrons. The molecule has 0 spiro atoms. The van der Waals surface area contributed by atoms with Gasteiger partial charge in [-0.15, -0.1) is 0 Å². The van der Waals surface area contributed by atoms with Crippen molar-refractivity contribution in [1.82, 2.24) is 5.32 Å². The molecule has 90 heavy (non-hydrogen) atoms. The number of unbranched alkanes of at least 4 members (excludes halogenated alkanes) is 34. The topological polar surface area (TPSA) is 307 Å². The number of aliphatic hydroxyl groups excluding tert-OH is 11. The van der Waals surface area contributed by atoms with Crippen molar-refractivity contribution in [2.45, 2.75) is 381 Å². The number of allylic oxidation sites excluding steroid dienone is 6. The summed E-state index contributed by atoms with van der Waals surface area (Å²) in [5.41, 5.74) is 0. The molecule has 17 unspecified atom stereocenters. The first kappa shape index (κ1) is 82.2. The van der Waals surface area contributed by atoms with Gasteiger partial charge in [0.2, 0.25) is 5.91 Å². The molecule has 1 amide bonds. The van der Waals surface area contributed by atoms with E-state index >= 15 is 0 Å². The number of rotatable bonds is 56. The Hall–Kier alpha value is -1.99. The highest BCUT2D eigenvalue weighted by atomic mass is 16.8. The van der Waals surface area contributed by atoms with Crippen LogP contribution in [-0.2, 0) is 33.2 Å². The standard InChI is InChI=1S/C71H131NO18/c1-3-5-7-9-11-13-15-17-19-21-23-24-25-26-27-28-29-30-31-33-35-37-39-41-43-45-47-49-59(77)72-54(55(76)48-46-44-42-40-38-36-34-32-22-20-18-16-14-12-10-8-6-4-2)53-85-69-65(83)62(80)67(57(51-74)87-69)90-71-66(84)63(81)68(58(52-75)88-71)89-70-64(82)61(79)60(78)56(50-73)86-70/h15,17,21,23,25-26,54-58,60-71,73-76,78-84H,3-14,16,18-20,22,24,27-53H2,1-2H3,(H,72,77)/b17-15-,23-21-,26-25-. The van der Waals surface area contributed by atoms with Crippen LogP contribution < -0.4 is 5.32 Å². The molecule has 0 radical (unpaired) electrons. The lowest BCUT2D eigenvalue weighted by Crippen LogP contribution is -2.66. The van der Waals surface area contributed by atoms with Gasteiger partial charge in [-0.25, -0.2) is 0 Å². The van der Waals surface area contributed by atoms with Gasteiger partial charge in [0.15, 0.2) is 18.9 Å². The summed E-state index contributed by atoms with van der Waals surface area (Å²) >= 11 is 0. The third kappa shape index (κ3) is 34.6. The molecule has 3 aliphatic rings. The maximum Gasteiger partial charge on any atom is 0.220 e. The smallest absolute Gasteiger partial charge is 0.220 e. The van der Waals surface area contributed by atoms with E-state index in [-0.39, 0.29) is 18.9 Å². The molecular weight excluding hydrogens is 1150 g/mol. The van der Waals surface area contributed by atoms with Crippen LogP contribution in [0.4, 0.5) is 0 Å². The molecular formula is C71H131NO18. The van der Waals surface area contributed by atoms with Crippen molar-refractivity contribution in [2.24, 2.45) is 0 Å². The van der Waals surface area contributed by atoms with Crippen LogP contribution in [0.3, 0.4) is 0 Å². The average molecular weight is 1290 g/mol. The van der Waals surface area contributed by atoms with Crippen molar-refractivity contribution in [3.05, 3.63) is 36.5 Å². The third-order valence-electron chi connectivity index (χ3n) is 18.2. The zero-order valence-electron chi connectivity index (χ0n) is 55.9. The van der Waals surface area contributed by atoms with Crippen molar-refractivity contribution in [2.75, 3.05) is 26.4 Å². The second-order valence-electron chi connectivity index (χ2n) is 26.1. The summed E-state index contributed by atoms with van der Waals surface area (Å²) in [6, 6.07) is -0.889. The lowest BCUT2D eigenvalue weighted by molar-refractivity contribution is -0.379. The highest BCUT2D eigenvalue weighted by Gasteiger charge is 2.53. The predicted molar refractivity (Wildman–Crippen MR) is 351 cm³/mol. The van der Waals surface area contributed by atoms with Crippen LogP contribution in [0.5, 0.6) is 0 Å². The van der Waals surface area contributed by atoms with E-state index < -0.39 is 124 Å². The Balaban J connectivity index is 1.41. The maximum absolute atomic E-state index is 13.4. The summed E-state index contributed by atoms with van der Waals surface area (Å²) in [5.74, 6) is -0.242. The second-order valence-corrected chi connectivity index (χ2v) is 26.1. The molecule has 0 saturated carbocycles. The quantitative estimate of drug-likeness (QED) is 0.0199. The van der Waals surface area contributed by atoms with E-state index in [1.54, 1.807) is 0 Å². The Labute approximate surface area is 542 Å². The van der Waals surface area contributed by atoms with Gasteiger partial charge in [0.1, 0.15) is 73.2 Å². The Morgan fingerprint density at radius 3 is 1.14 bits per heavy atom. The zero-order valence-corrected chi connectivity index (χ0v) is 55.9. The minimum Gasteiger partial charge on any atom is -0.394 e. The fourth-order valence-electron chi connectivity index (χ4n) is 12.3. The molecule has 12 N–H and O–H groups in total. The first-order chi connectivity index (χ1) is 43.8. The maximum atomic E-state index is 13.4. The average Bonchev–Trinajstić information content (AvgIpc) is 0.866. The van der Waals surface area contributed by atoms with E-state index in [9.17, 15) is 61.0 Å². The van der Waals surface area contributed by atoms with Crippen LogP contribution in [0.2, 0.25) is 0 Å². The number of aliphatic hydroxyl groups is 11. The van der Waals surface area contributed by atoms with Gasteiger partial charge in [-0.3, -0.25) is 4.79 Å². The van der Waals surface area contributed by atoms with Crippen LogP contribution in [0.25, 0.3) is 0 Å². The number of carbonyl (C=O) groups excluding carboxylic acids is 1. The molecule has 19 heteroatoms. The molecule has 0 aromatic heterocycles. The SMILES string of the molecule is CCCCCCC/C=C\C/C=C\C/C=C\CCCCCCCCCCCCCCC(=O)NC(COC1OC(CO)C(OC2OC(CO)C(OC3OC(CO)C(O)C(O)C3O)C(O)C2O)C(O)C1O)C(O)CCCCCCCCCCCCCCCCCCCC. The summed E-state index contributed by atoms with van der Waals surface area (Å²) in [4.78, 5) is 13.4. The van der Waals surface area contributed by atoms with Gasteiger partial charge in [0.25, 0.3) is 0 Å². The first-order valence-corrected chi connectivity index (χ1v) is 36.2. The van der Waals surface area contributed by atoms with Crippen molar-refractivity contribution < 1.29 is 89.4 Å². The fourth-order valence-corrected chi connectivity index (χ4v) is 12.3. The van der Waals surface area contributed by atoms with Gasteiger partial charge in [0.05, 0.1) is 38.6 Å². The minimum absolute atomic E-state index is 0.242. The molecule has 3 rings (SSSR count). The molecule has 0 aromatic rings. The Kier molecular flexibility index (Phi) is 48.6. The first-order valence-electron chi connectivity index (χ1n) is 36.2. The molecule has 19 nitrogen and oxygen atoms in total. The van der Waals surface area contributed by atoms with E-state index in [4.69, 9.17) is 28.4 Å². The second kappa shape index (κ2) is 53.2. The van der Waals surface area contributed by atoms with Crippen molar-refractivity contribution >= 4 is 5.91 Å². The van der Waals surface area contributed by atoms with E-state index in [0.29, 0.717) is 12.8 Å². The predicted octanol–water partition coefficient (Wildman–Crippen LogP) is 10.00. The Morgan fingerprint density at radius 2 is 0.733 bits per heavy atom. The van der Waals surface area contributed by atoms with Crippen molar-refractivity contribution in [1.29, 1.82) is 0 Å². The van der Waals surface area contributed by atoms with Gasteiger partial charge in [-0.2, -0.15) is 0 Å². The van der Waals surface area contributed by atoms with Gasteiger partial charge in [0, 0.05) is 6.42 Å². The number of ether oxygens (including phenoxy) is 6. The highest BCUT2D eigenvalue weighted by molar-refractivity contribution is 5.76. The van der Waals surface area contributed by atoms with E-state index in [0.717, 1.165) is 64.2 Å². The lowest BCUT2D eigenvalue weighted by atomic mass is 9.96. The molecule has 17 atom stereocenters. The normalized spacial score (nSPS) is 28.2. The Bertz CT molecular complexity index is 1780. The molecule has 3 heterocycles. The van der Waals surface area contributed by atoms with Crippen LogP contribution in [0, 0.1) is 0 Å². The van der Waals surface area contributed by atoms with Crippen LogP contribution in [-0.4, -0.2) is 193 Å². The molecule has 0 bridgehead atoms. The van der Waals surface area contributed by atoms with Gasteiger partial charge >= 0.3 is 0 Å². The summed E-state index contributed by atoms with van der Waals surface area (Å²) < 4.78 is 34.4. The van der Waals surface area contributed by atoms with Crippen molar-refractivity contribution in [3.63, 3.8) is 0 Å². The number of hydrogen-bond donors (Lipinski definition) is 12. The van der Waals surface area contributed by atoms with Gasteiger partial charge in [-0.1, -0.05) is 256 Å². The largest absolute Gasteiger partial charge is 0.394 e. The summed E-state index contributed by atoms with van der Waals surface area (Å²) in [6.45, 7) is 1.81. The van der Waals surface area contributed by atoms with Crippen LogP contribution in [0.15, 0.2) is 36.5 Å². The number of nitrogens with one attached hydrogen (secondary N) is 1. The van der Waals surface area contributed by atoms with Crippen LogP contribution >= 0.6 is 0 Å². The molecule has 0 aromatic carbocycles. The third-order valence-corrected chi connectivity index (χ3v) is 18.2. The molecule has 3 aliphatic heterocycles. The monoisotopic (exact) mass is 1290 g/mol. The molecule has 3 fully saturated rings. The summed E-state index contributed by atoms with van der Waals surface area (Å²) in [7, 11) is 0. The van der Waals surface area contributed by atoms with Crippen LogP contribution in [0.1, 0.15) is 277 Å². The molecule has 3 saturated heterocycles. The number of carbonyl (C=O) groups is 1. The lowest BCUT2D eigenvalue weighted by Gasteiger charge is -2.48.